The lowest BCUT2D eigenvalue weighted by atomic mass is 10.1. The number of anilines is 4. The summed E-state index contributed by atoms with van der Waals surface area (Å²) in [4.78, 5) is 24.0. The van der Waals surface area contributed by atoms with Gasteiger partial charge in [0.05, 0.1) is 5.56 Å². The van der Waals surface area contributed by atoms with Crippen LogP contribution in [0.3, 0.4) is 0 Å². The largest absolute Gasteiger partial charge is 0.356 e. The monoisotopic (exact) mass is 513 g/mol. The standard InChI is InChI=1S/C23H24IN5O/c1-16-15-21(29-13-5-2-6-14-29)28-23(25-16)27-18-11-9-17(10-12-18)26-22(30)19-7-3-4-8-20(19)24/h3-4,7-12,15H,2,5-6,13-14H2,1H3,(H,26,30)(H,25,27,28). The minimum absolute atomic E-state index is 0.117. The Labute approximate surface area is 190 Å². The van der Waals surface area contributed by atoms with E-state index in [0.29, 0.717) is 11.5 Å². The third-order valence-electron chi connectivity index (χ3n) is 5.04. The Balaban J connectivity index is 1.44. The van der Waals surface area contributed by atoms with E-state index in [4.69, 9.17) is 4.98 Å². The van der Waals surface area contributed by atoms with Crippen molar-refractivity contribution in [1.29, 1.82) is 0 Å². The number of carbonyl (C=O) groups excluding carboxylic acids is 1. The molecule has 3 aromatic rings. The number of halogens is 1. The minimum Gasteiger partial charge on any atom is -0.356 e. The molecule has 154 valence electrons. The van der Waals surface area contributed by atoms with Gasteiger partial charge in [0.15, 0.2) is 0 Å². The highest BCUT2D eigenvalue weighted by molar-refractivity contribution is 14.1. The number of hydrogen-bond acceptors (Lipinski definition) is 5. The number of carbonyl (C=O) groups is 1. The molecule has 1 fully saturated rings. The highest BCUT2D eigenvalue weighted by Crippen LogP contribution is 2.23. The second-order valence-electron chi connectivity index (χ2n) is 7.38. The molecule has 0 aliphatic carbocycles. The summed E-state index contributed by atoms with van der Waals surface area (Å²) in [5, 5.41) is 6.22. The molecule has 2 N–H and O–H groups in total. The van der Waals surface area contributed by atoms with Crippen LogP contribution < -0.4 is 15.5 Å². The molecule has 0 radical (unpaired) electrons. The summed E-state index contributed by atoms with van der Waals surface area (Å²) in [6.07, 6.45) is 3.71. The van der Waals surface area contributed by atoms with Gasteiger partial charge >= 0.3 is 0 Å². The van der Waals surface area contributed by atoms with Crippen LogP contribution in [0.2, 0.25) is 0 Å². The average molecular weight is 513 g/mol. The number of rotatable bonds is 5. The Morgan fingerprint density at radius 1 is 0.967 bits per heavy atom. The zero-order valence-corrected chi connectivity index (χ0v) is 19.0. The maximum Gasteiger partial charge on any atom is 0.256 e. The molecule has 0 saturated carbocycles. The van der Waals surface area contributed by atoms with Gasteiger partial charge < -0.3 is 15.5 Å². The van der Waals surface area contributed by atoms with Crippen LogP contribution in [0.5, 0.6) is 0 Å². The van der Waals surface area contributed by atoms with Gasteiger partial charge in [0.2, 0.25) is 5.95 Å². The van der Waals surface area contributed by atoms with Crippen molar-refractivity contribution in [2.45, 2.75) is 26.2 Å². The van der Waals surface area contributed by atoms with Gasteiger partial charge in [0, 0.05) is 39.8 Å². The van der Waals surface area contributed by atoms with E-state index in [9.17, 15) is 4.79 Å². The maximum absolute atomic E-state index is 12.5. The number of benzene rings is 2. The normalized spacial score (nSPS) is 13.7. The Morgan fingerprint density at radius 2 is 1.67 bits per heavy atom. The second-order valence-corrected chi connectivity index (χ2v) is 8.54. The topological polar surface area (TPSA) is 70.2 Å². The maximum atomic E-state index is 12.5. The molecule has 1 saturated heterocycles. The number of hydrogen-bond donors (Lipinski definition) is 2. The van der Waals surface area contributed by atoms with E-state index in [-0.39, 0.29) is 5.91 Å². The van der Waals surface area contributed by atoms with Gasteiger partial charge in [-0.15, -0.1) is 0 Å². The zero-order valence-electron chi connectivity index (χ0n) is 16.9. The lowest BCUT2D eigenvalue weighted by Crippen LogP contribution is -2.30. The van der Waals surface area contributed by atoms with Crippen LogP contribution in [0.4, 0.5) is 23.1 Å². The second kappa shape index (κ2) is 9.42. The van der Waals surface area contributed by atoms with Crippen molar-refractivity contribution in [2.75, 3.05) is 28.6 Å². The number of nitrogens with zero attached hydrogens (tertiary/aromatic N) is 3. The Hall–Kier alpha value is -2.68. The summed E-state index contributed by atoms with van der Waals surface area (Å²) in [5.74, 6) is 1.45. The molecule has 6 nitrogen and oxygen atoms in total. The summed E-state index contributed by atoms with van der Waals surface area (Å²) in [6, 6.07) is 17.1. The number of aryl methyl sites for hydroxylation is 1. The number of aromatic nitrogens is 2. The molecule has 2 aromatic carbocycles. The molecule has 7 heteroatoms. The molecule has 1 aliphatic heterocycles. The lowest BCUT2D eigenvalue weighted by Gasteiger charge is -2.28. The molecule has 4 rings (SSSR count). The molecule has 30 heavy (non-hydrogen) atoms. The van der Waals surface area contributed by atoms with Crippen LogP contribution in [-0.4, -0.2) is 29.0 Å². The first-order chi connectivity index (χ1) is 14.6. The zero-order chi connectivity index (χ0) is 20.9. The van der Waals surface area contributed by atoms with Crippen molar-refractivity contribution in [2.24, 2.45) is 0 Å². The number of amides is 1. The smallest absolute Gasteiger partial charge is 0.256 e. The van der Waals surface area contributed by atoms with E-state index in [1.807, 2.05) is 61.5 Å². The van der Waals surface area contributed by atoms with Crippen molar-refractivity contribution >= 4 is 51.6 Å². The van der Waals surface area contributed by atoms with Crippen LogP contribution in [0, 0.1) is 10.5 Å². The molecule has 1 amide bonds. The molecule has 1 aromatic heterocycles. The fraction of sp³-hybridized carbons (Fsp3) is 0.261. The summed E-state index contributed by atoms with van der Waals surface area (Å²) in [7, 11) is 0. The molecule has 0 atom stereocenters. The van der Waals surface area contributed by atoms with Crippen molar-refractivity contribution in [3.63, 3.8) is 0 Å². The van der Waals surface area contributed by atoms with Crippen molar-refractivity contribution in [1.82, 2.24) is 9.97 Å². The Bertz CT molecular complexity index is 1030. The predicted molar refractivity (Wildman–Crippen MR) is 130 cm³/mol. The van der Waals surface area contributed by atoms with E-state index in [1.165, 1.54) is 19.3 Å². The third kappa shape index (κ3) is 5.08. The highest BCUT2D eigenvalue weighted by atomic mass is 127. The third-order valence-corrected chi connectivity index (χ3v) is 5.98. The van der Waals surface area contributed by atoms with Gasteiger partial charge in [-0.3, -0.25) is 4.79 Å². The SMILES string of the molecule is Cc1cc(N2CCCCC2)nc(Nc2ccc(NC(=O)c3ccccc3I)cc2)n1. The van der Waals surface area contributed by atoms with E-state index in [2.05, 4.69) is 43.1 Å². The van der Waals surface area contributed by atoms with Crippen LogP contribution in [0.15, 0.2) is 54.6 Å². The van der Waals surface area contributed by atoms with Gasteiger partial charge in [0.1, 0.15) is 5.82 Å². The van der Waals surface area contributed by atoms with Crippen molar-refractivity contribution in [3.05, 3.63) is 69.4 Å². The fourth-order valence-corrected chi connectivity index (χ4v) is 4.13. The van der Waals surface area contributed by atoms with E-state index in [1.54, 1.807) is 0 Å². The lowest BCUT2D eigenvalue weighted by molar-refractivity contribution is 0.102. The summed E-state index contributed by atoms with van der Waals surface area (Å²) >= 11 is 2.17. The van der Waals surface area contributed by atoms with Gasteiger partial charge in [-0.2, -0.15) is 4.98 Å². The minimum atomic E-state index is -0.117. The molecule has 0 unspecified atom stereocenters. The Kier molecular flexibility index (Phi) is 6.47. The van der Waals surface area contributed by atoms with Crippen LogP contribution >= 0.6 is 22.6 Å². The van der Waals surface area contributed by atoms with Crippen molar-refractivity contribution in [3.8, 4) is 0 Å². The summed E-state index contributed by atoms with van der Waals surface area (Å²) < 4.78 is 0.923. The van der Waals surface area contributed by atoms with Gasteiger partial charge in [0.25, 0.3) is 5.91 Å². The molecule has 0 spiro atoms. The summed E-state index contributed by atoms with van der Waals surface area (Å²) in [5.41, 5.74) is 3.22. The number of piperidine rings is 1. The van der Waals surface area contributed by atoms with Gasteiger partial charge in [-0.25, -0.2) is 4.98 Å². The fourth-order valence-electron chi connectivity index (χ4n) is 3.50. The first-order valence-corrected chi connectivity index (χ1v) is 11.2. The first kappa shape index (κ1) is 20.6. The summed E-state index contributed by atoms with van der Waals surface area (Å²) in [6.45, 7) is 4.08. The van der Waals surface area contributed by atoms with Crippen LogP contribution in [0.25, 0.3) is 0 Å². The predicted octanol–water partition coefficient (Wildman–Crippen LogP) is 5.38. The van der Waals surface area contributed by atoms with E-state index >= 15 is 0 Å². The van der Waals surface area contributed by atoms with Crippen molar-refractivity contribution < 1.29 is 4.79 Å². The van der Waals surface area contributed by atoms with Gasteiger partial charge in [-0.05, 0) is 85.2 Å². The first-order valence-electron chi connectivity index (χ1n) is 10.1. The van der Waals surface area contributed by atoms with Gasteiger partial charge in [-0.1, -0.05) is 12.1 Å². The van der Waals surface area contributed by atoms with Crippen LogP contribution in [-0.2, 0) is 0 Å². The van der Waals surface area contributed by atoms with E-state index in [0.717, 1.165) is 39.5 Å². The molecule has 2 heterocycles. The molecule has 0 bridgehead atoms. The Morgan fingerprint density at radius 3 is 2.40 bits per heavy atom. The highest BCUT2D eigenvalue weighted by Gasteiger charge is 2.14. The average Bonchev–Trinajstić information content (AvgIpc) is 2.75. The number of nitrogens with one attached hydrogen (secondary N) is 2. The van der Waals surface area contributed by atoms with Crippen LogP contribution in [0.1, 0.15) is 35.3 Å². The molecular weight excluding hydrogens is 489 g/mol. The molecule has 1 aliphatic rings. The van der Waals surface area contributed by atoms with E-state index < -0.39 is 0 Å². The molecular formula is C23H24IN5O. The quantitative estimate of drug-likeness (QED) is 0.449.